The lowest BCUT2D eigenvalue weighted by Crippen LogP contribution is -2.07. The average molecular weight is 351 g/mol. The maximum absolute atomic E-state index is 11.2. The molecule has 0 unspecified atom stereocenters. The number of carbonyl (C=O) groups excluding carboxylic acids is 1. The molecule has 6 nitrogen and oxygen atoms in total. The number of nitrogens with one attached hydrogen (secondary N) is 1. The van der Waals surface area contributed by atoms with Crippen LogP contribution in [-0.2, 0) is 4.79 Å². The molecular formula is C14H11BrN2O4. The van der Waals surface area contributed by atoms with Gasteiger partial charge in [0.1, 0.15) is 0 Å². The van der Waals surface area contributed by atoms with Gasteiger partial charge in [0.15, 0.2) is 5.75 Å². The summed E-state index contributed by atoms with van der Waals surface area (Å²) in [4.78, 5) is 21.7. The van der Waals surface area contributed by atoms with Gasteiger partial charge < -0.3 is 10.1 Å². The monoisotopic (exact) mass is 350 g/mol. The molecule has 0 fully saturated rings. The quantitative estimate of drug-likeness (QED) is 0.664. The zero-order valence-electron chi connectivity index (χ0n) is 11.0. The van der Waals surface area contributed by atoms with Crippen molar-refractivity contribution in [2.45, 2.75) is 6.92 Å². The lowest BCUT2D eigenvalue weighted by atomic mass is 10.2. The first-order valence-corrected chi connectivity index (χ1v) is 6.75. The van der Waals surface area contributed by atoms with Crippen LogP contribution in [0.1, 0.15) is 6.92 Å². The third-order valence-electron chi connectivity index (χ3n) is 2.54. The maximum Gasteiger partial charge on any atom is 0.312 e. The van der Waals surface area contributed by atoms with Crippen molar-refractivity contribution in [1.82, 2.24) is 0 Å². The molecule has 21 heavy (non-hydrogen) atoms. The van der Waals surface area contributed by atoms with E-state index in [9.17, 15) is 14.9 Å². The van der Waals surface area contributed by atoms with Crippen molar-refractivity contribution >= 4 is 33.2 Å². The van der Waals surface area contributed by atoms with Crippen LogP contribution in [-0.4, -0.2) is 10.8 Å². The number of ether oxygens (including phenoxy) is 1. The first-order valence-electron chi connectivity index (χ1n) is 5.96. The fourth-order valence-electron chi connectivity index (χ4n) is 1.69. The van der Waals surface area contributed by atoms with Crippen LogP contribution < -0.4 is 10.1 Å². The van der Waals surface area contributed by atoms with Gasteiger partial charge in [-0.2, -0.15) is 0 Å². The van der Waals surface area contributed by atoms with Crippen LogP contribution >= 0.6 is 15.9 Å². The van der Waals surface area contributed by atoms with Crippen LogP contribution in [0.25, 0.3) is 0 Å². The third-order valence-corrected chi connectivity index (χ3v) is 3.03. The van der Waals surface area contributed by atoms with E-state index in [1.807, 2.05) is 0 Å². The molecule has 2 aromatic rings. The summed E-state index contributed by atoms with van der Waals surface area (Å²) in [6.07, 6.45) is 0. The van der Waals surface area contributed by atoms with Crippen LogP contribution in [0.15, 0.2) is 46.9 Å². The predicted octanol–water partition coefficient (Wildman–Crippen LogP) is 4.11. The number of hydrogen-bond donors (Lipinski definition) is 1. The molecule has 2 rings (SSSR count). The number of nitro benzene ring substituents is 1. The number of amides is 1. The number of nitrogens with zero attached hydrogens (tertiary/aromatic N) is 1. The summed E-state index contributed by atoms with van der Waals surface area (Å²) in [5, 5.41) is 13.7. The summed E-state index contributed by atoms with van der Waals surface area (Å²) < 4.78 is 6.16. The lowest BCUT2D eigenvalue weighted by Gasteiger charge is -2.11. The van der Waals surface area contributed by atoms with E-state index >= 15 is 0 Å². The van der Waals surface area contributed by atoms with Crippen molar-refractivity contribution in [2.24, 2.45) is 0 Å². The molecule has 0 heterocycles. The number of nitro groups is 1. The molecule has 2 aromatic carbocycles. The van der Waals surface area contributed by atoms with E-state index < -0.39 is 4.92 Å². The Bertz CT molecular complexity index is 703. The predicted molar refractivity (Wildman–Crippen MR) is 81.6 cm³/mol. The summed E-state index contributed by atoms with van der Waals surface area (Å²) >= 11 is 3.18. The van der Waals surface area contributed by atoms with Crippen molar-refractivity contribution in [3.8, 4) is 11.5 Å². The second kappa shape index (κ2) is 6.36. The molecule has 0 aliphatic heterocycles. The Morgan fingerprint density at radius 3 is 2.62 bits per heavy atom. The van der Waals surface area contributed by atoms with E-state index in [1.54, 1.807) is 30.3 Å². The second-order valence-corrected chi connectivity index (χ2v) is 5.06. The number of rotatable bonds is 4. The van der Waals surface area contributed by atoms with Gasteiger partial charge in [0.05, 0.1) is 10.6 Å². The van der Waals surface area contributed by atoms with Gasteiger partial charge in [0.25, 0.3) is 0 Å². The molecule has 0 aromatic heterocycles. The van der Waals surface area contributed by atoms with Gasteiger partial charge in [0.2, 0.25) is 11.7 Å². The first kappa shape index (κ1) is 15.0. The molecule has 1 N–H and O–H groups in total. The highest BCUT2D eigenvalue weighted by Gasteiger charge is 2.17. The van der Waals surface area contributed by atoms with E-state index in [0.717, 1.165) is 0 Å². The molecule has 0 saturated carbocycles. The van der Waals surface area contributed by atoms with Gasteiger partial charge in [-0.25, -0.2) is 0 Å². The average Bonchev–Trinajstić information content (AvgIpc) is 2.42. The Balaban J connectivity index is 2.39. The Morgan fingerprint density at radius 1 is 1.24 bits per heavy atom. The molecule has 0 spiro atoms. The van der Waals surface area contributed by atoms with Crippen molar-refractivity contribution in [2.75, 3.05) is 5.32 Å². The number of hydrogen-bond acceptors (Lipinski definition) is 4. The van der Waals surface area contributed by atoms with Gasteiger partial charge in [0, 0.05) is 17.5 Å². The van der Waals surface area contributed by atoms with Crippen molar-refractivity contribution in [1.29, 1.82) is 0 Å². The number of carbonyl (C=O) groups is 1. The van der Waals surface area contributed by atoms with Gasteiger partial charge in [-0.1, -0.05) is 28.1 Å². The summed E-state index contributed by atoms with van der Waals surface area (Å²) in [5.41, 5.74) is 0.282. The lowest BCUT2D eigenvalue weighted by molar-refractivity contribution is -0.385. The Morgan fingerprint density at radius 2 is 1.95 bits per heavy atom. The Hall–Kier alpha value is -2.41. The van der Waals surface area contributed by atoms with Gasteiger partial charge >= 0.3 is 5.69 Å². The Kier molecular flexibility index (Phi) is 4.54. The Labute approximate surface area is 129 Å². The minimum atomic E-state index is -0.527. The molecular weight excluding hydrogens is 340 g/mol. The summed E-state index contributed by atoms with van der Waals surface area (Å²) in [5.74, 6) is 0.176. The van der Waals surface area contributed by atoms with E-state index in [1.165, 1.54) is 19.1 Å². The van der Waals surface area contributed by atoms with Crippen LogP contribution in [0.5, 0.6) is 11.5 Å². The highest BCUT2D eigenvalue weighted by Crippen LogP contribution is 2.36. The summed E-state index contributed by atoms with van der Waals surface area (Å²) in [6.45, 7) is 1.37. The molecule has 7 heteroatoms. The number of halogens is 1. The van der Waals surface area contributed by atoms with Crippen LogP contribution in [0.2, 0.25) is 0 Å². The van der Waals surface area contributed by atoms with Gasteiger partial charge in [-0.15, -0.1) is 0 Å². The molecule has 0 aliphatic rings. The second-order valence-electron chi connectivity index (χ2n) is 4.15. The van der Waals surface area contributed by atoms with Crippen LogP contribution in [0.4, 0.5) is 11.4 Å². The fourth-order valence-corrected chi connectivity index (χ4v) is 2.04. The maximum atomic E-state index is 11.2. The largest absolute Gasteiger partial charge is 0.448 e. The van der Waals surface area contributed by atoms with Crippen molar-refractivity contribution in [3.63, 3.8) is 0 Å². The smallest absolute Gasteiger partial charge is 0.312 e. The van der Waals surface area contributed by atoms with E-state index in [-0.39, 0.29) is 17.3 Å². The van der Waals surface area contributed by atoms with E-state index in [4.69, 9.17) is 4.74 Å². The molecule has 0 radical (unpaired) electrons. The summed E-state index contributed by atoms with van der Waals surface area (Å²) in [6, 6.07) is 11.2. The molecule has 0 bridgehead atoms. The van der Waals surface area contributed by atoms with Crippen LogP contribution in [0, 0.1) is 10.1 Å². The zero-order chi connectivity index (χ0) is 15.4. The van der Waals surface area contributed by atoms with Crippen molar-refractivity contribution in [3.05, 3.63) is 57.1 Å². The molecule has 0 saturated heterocycles. The first-order chi connectivity index (χ1) is 9.97. The number of benzene rings is 2. The van der Waals surface area contributed by atoms with E-state index in [2.05, 4.69) is 21.2 Å². The van der Waals surface area contributed by atoms with Gasteiger partial charge in [-0.3, -0.25) is 14.9 Å². The number of anilines is 1. The van der Waals surface area contributed by atoms with E-state index in [0.29, 0.717) is 15.9 Å². The standard InChI is InChI=1S/C14H11BrN2O4/c1-9(18)16-11-4-2-3-5-13(11)21-14-7-6-10(15)8-12(14)17(19)20/h2-8H,1H3,(H,16,18). The number of para-hydroxylation sites is 2. The molecule has 108 valence electrons. The normalized spacial score (nSPS) is 10.0. The third kappa shape index (κ3) is 3.79. The fraction of sp³-hybridized carbons (Fsp3) is 0.0714. The SMILES string of the molecule is CC(=O)Nc1ccccc1Oc1ccc(Br)cc1[N+](=O)[O-]. The zero-order valence-corrected chi connectivity index (χ0v) is 12.6. The minimum absolute atomic E-state index is 0.0982. The molecule has 0 atom stereocenters. The highest BCUT2D eigenvalue weighted by molar-refractivity contribution is 9.10. The molecule has 1 amide bonds. The van der Waals surface area contributed by atoms with Crippen molar-refractivity contribution < 1.29 is 14.5 Å². The topological polar surface area (TPSA) is 81.5 Å². The minimum Gasteiger partial charge on any atom is -0.448 e. The highest BCUT2D eigenvalue weighted by atomic mass is 79.9. The summed E-state index contributed by atoms with van der Waals surface area (Å²) in [7, 11) is 0. The molecule has 0 aliphatic carbocycles. The van der Waals surface area contributed by atoms with Crippen LogP contribution in [0.3, 0.4) is 0 Å². The van der Waals surface area contributed by atoms with Gasteiger partial charge in [-0.05, 0) is 24.3 Å².